The van der Waals surface area contributed by atoms with Gasteiger partial charge >= 0.3 is 6.09 Å². The normalized spacial score (nSPS) is 19.7. The topological polar surface area (TPSA) is 120 Å². The van der Waals surface area contributed by atoms with Crippen LogP contribution in [-0.4, -0.2) is 56.7 Å². The van der Waals surface area contributed by atoms with Crippen molar-refractivity contribution in [3.05, 3.63) is 18.0 Å². The number of likely N-dealkylation sites (tertiary alicyclic amines) is 1. The Labute approximate surface area is 140 Å². The summed E-state index contributed by atoms with van der Waals surface area (Å²) in [6.07, 6.45) is 2.58. The lowest BCUT2D eigenvalue weighted by Crippen LogP contribution is -2.61. The number of aromatic nitrogens is 2. The van der Waals surface area contributed by atoms with Gasteiger partial charge in [-0.25, -0.2) is 4.79 Å². The van der Waals surface area contributed by atoms with Gasteiger partial charge in [-0.2, -0.15) is 10.6 Å². The first-order chi connectivity index (χ1) is 11.3. The predicted octanol–water partition coefficient (Wildman–Crippen LogP) is 1.23. The highest BCUT2D eigenvalue weighted by atomic mass is 16.6. The van der Waals surface area contributed by atoms with Crippen LogP contribution >= 0.6 is 0 Å². The van der Waals surface area contributed by atoms with Crippen molar-refractivity contribution in [2.45, 2.75) is 57.8 Å². The van der Waals surface area contributed by atoms with Gasteiger partial charge in [-0.3, -0.25) is 9.89 Å². The van der Waals surface area contributed by atoms with Crippen molar-refractivity contribution < 1.29 is 19.5 Å². The molecule has 2 atom stereocenters. The van der Waals surface area contributed by atoms with E-state index < -0.39 is 29.8 Å². The molecule has 0 radical (unpaired) electrons. The lowest BCUT2D eigenvalue weighted by atomic mass is 10.00. The van der Waals surface area contributed by atoms with E-state index in [-0.39, 0.29) is 5.69 Å². The quantitative estimate of drug-likeness (QED) is 0.484. The van der Waals surface area contributed by atoms with E-state index in [1.54, 1.807) is 25.7 Å². The molecule has 0 saturated carbocycles. The molecule has 1 aromatic heterocycles. The highest BCUT2D eigenvalue weighted by Gasteiger charge is 2.36. The number of rotatable bonds is 4. The molecule has 24 heavy (non-hydrogen) atoms. The summed E-state index contributed by atoms with van der Waals surface area (Å²) < 4.78 is 5.43. The lowest BCUT2D eigenvalue weighted by Gasteiger charge is -2.40. The minimum Gasteiger partial charge on any atom is -0.444 e. The predicted molar refractivity (Wildman–Crippen MR) is 85.3 cm³/mol. The third kappa shape index (κ3) is 4.68. The molecule has 1 aliphatic rings. The number of ether oxygens (including phenoxy) is 1. The molecular weight excluding hydrogens is 314 g/mol. The van der Waals surface area contributed by atoms with Crippen LogP contribution in [0.2, 0.25) is 0 Å². The molecule has 9 heteroatoms. The Morgan fingerprint density at radius 2 is 2.21 bits per heavy atom. The summed E-state index contributed by atoms with van der Waals surface area (Å²) in [5.41, 5.74) is 1.76. The van der Waals surface area contributed by atoms with Crippen molar-refractivity contribution in [3.63, 3.8) is 0 Å². The number of carbonyl (C=O) groups excluding carboxylic acids is 2. The first kappa shape index (κ1) is 18.2. The van der Waals surface area contributed by atoms with Gasteiger partial charge in [0.1, 0.15) is 17.5 Å². The van der Waals surface area contributed by atoms with Crippen LogP contribution in [0.25, 0.3) is 0 Å². The van der Waals surface area contributed by atoms with E-state index >= 15 is 0 Å². The molecule has 1 aromatic rings. The first-order valence-corrected chi connectivity index (χ1v) is 8.01. The van der Waals surface area contributed by atoms with Gasteiger partial charge < -0.3 is 20.2 Å². The van der Waals surface area contributed by atoms with Gasteiger partial charge in [0.2, 0.25) is 0 Å². The van der Waals surface area contributed by atoms with Gasteiger partial charge in [0.15, 0.2) is 0 Å². The summed E-state index contributed by atoms with van der Waals surface area (Å²) in [7, 11) is 0. The minimum atomic E-state index is -0.811. The zero-order valence-corrected chi connectivity index (χ0v) is 14.2. The molecule has 2 rings (SSSR count). The largest absolute Gasteiger partial charge is 0.444 e. The van der Waals surface area contributed by atoms with Gasteiger partial charge in [-0.1, -0.05) is 0 Å². The maximum absolute atomic E-state index is 12.4. The molecule has 0 spiro atoms. The van der Waals surface area contributed by atoms with Gasteiger partial charge in [-0.05, 0) is 46.1 Å². The molecule has 134 valence electrons. The van der Waals surface area contributed by atoms with Crippen LogP contribution in [0, 0.1) is 0 Å². The first-order valence-electron chi connectivity index (χ1n) is 8.01. The summed E-state index contributed by atoms with van der Waals surface area (Å²) in [5, 5.41) is 18.4. The second-order valence-electron chi connectivity index (χ2n) is 6.79. The minimum absolute atomic E-state index is 0.273. The molecule has 2 unspecified atom stereocenters. The van der Waals surface area contributed by atoms with E-state index in [0.717, 1.165) is 12.8 Å². The smallest absolute Gasteiger partial charge is 0.410 e. The van der Waals surface area contributed by atoms with Crippen LogP contribution in [0.1, 0.15) is 50.5 Å². The van der Waals surface area contributed by atoms with Gasteiger partial charge in [-0.15, -0.1) is 0 Å². The van der Waals surface area contributed by atoms with Crippen LogP contribution in [0.5, 0.6) is 0 Å². The van der Waals surface area contributed by atoms with E-state index in [9.17, 15) is 14.8 Å². The number of hydroxylamine groups is 1. The van der Waals surface area contributed by atoms with Crippen molar-refractivity contribution in [3.8, 4) is 0 Å². The molecule has 1 saturated heterocycles. The average molecular weight is 339 g/mol. The molecule has 4 N–H and O–H groups in total. The van der Waals surface area contributed by atoms with E-state index in [1.807, 2.05) is 0 Å². The molecule has 2 amide bonds. The molecule has 2 heterocycles. The van der Waals surface area contributed by atoms with Crippen molar-refractivity contribution in [2.75, 3.05) is 6.54 Å². The van der Waals surface area contributed by atoms with E-state index in [0.29, 0.717) is 13.0 Å². The summed E-state index contributed by atoms with van der Waals surface area (Å²) in [6.45, 7) is 5.90. The Kier molecular flexibility index (Phi) is 5.79. The fourth-order valence-electron chi connectivity index (χ4n) is 2.67. The summed E-state index contributed by atoms with van der Waals surface area (Å²) in [5.74, 6) is -0.422. The number of nitrogens with one attached hydrogen (secondary N) is 3. The molecule has 1 fully saturated rings. The third-order valence-corrected chi connectivity index (χ3v) is 3.73. The maximum Gasteiger partial charge on any atom is 0.410 e. The third-order valence-electron chi connectivity index (χ3n) is 3.73. The van der Waals surface area contributed by atoms with E-state index in [1.165, 1.54) is 12.3 Å². The molecule has 1 aliphatic heterocycles. The molecule has 9 nitrogen and oxygen atoms in total. The van der Waals surface area contributed by atoms with Crippen molar-refractivity contribution >= 4 is 12.0 Å². The van der Waals surface area contributed by atoms with Crippen molar-refractivity contribution in [1.82, 2.24) is 25.9 Å². The fourth-order valence-corrected chi connectivity index (χ4v) is 2.67. The lowest BCUT2D eigenvalue weighted by molar-refractivity contribution is -0.0110. The van der Waals surface area contributed by atoms with Gasteiger partial charge in [0.25, 0.3) is 5.91 Å². The maximum atomic E-state index is 12.4. The molecule has 0 aliphatic carbocycles. The number of carbonyl (C=O) groups is 2. The van der Waals surface area contributed by atoms with Crippen LogP contribution in [0.15, 0.2) is 12.3 Å². The Balaban J connectivity index is 2.08. The number of nitrogens with zero attached hydrogens (tertiary/aromatic N) is 2. The Hall–Kier alpha value is -2.13. The summed E-state index contributed by atoms with van der Waals surface area (Å²) in [4.78, 5) is 26.1. The Morgan fingerprint density at radius 1 is 1.46 bits per heavy atom. The summed E-state index contributed by atoms with van der Waals surface area (Å²) >= 11 is 0. The highest BCUT2D eigenvalue weighted by Crippen LogP contribution is 2.22. The van der Waals surface area contributed by atoms with Crippen molar-refractivity contribution in [2.24, 2.45) is 0 Å². The van der Waals surface area contributed by atoms with E-state index in [2.05, 4.69) is 21.0 Å². The molecule has 0 bridgehead atoms. The average Bonchev–Trinajstić information content (AvgIpc) is 3.05. The standard InChI is InChI=1S/C15H25N5O4/c1-15(2,3)24-14(22)20-9-5-4-6-11(20)12(19-23)17-13(21)10-7-8-16-18-10/h7-8,11-12,19,23H,4-6,9H2,1-3H3,(H,16,18)(H,17,21). The monoisotopic (exact) mass is 339 g/mol. The summed E-state index contributed by atoms with van der Waals surface area (Å²) in [6, 6.07) is 1.11. The Morgan fingerprint density at radius 3 is 2.79 bits per heavy atom. The number of hydrogen-bond donors (Lipinski definition) is 4. The van der Waals surface area contributed by atoms with Crippen molar-refractivity contribution in [1.29, 1.82) is 0 Å². The van der Waals surface area contributed by atoms with E-state index in [4.69, 9.17) is 4.74 Å². The Bertz CT molecular complexity index is 555. The number of H-pyrrole nitrogens is 1. The number of amides is 2. The second-order valence-corrected chi connectivity index (χ2v) is 6.79. The second kappa shape index (κ2) is 7.63. The highest BCUT2D eigenvalue weighted by molar-refractivity contribution is 5.92. The fraction of sp³-hybridized carbons (Fsp3) is 0.667. The molecular formula is C15H25N5O4. The zero-order chi connectivity index (χ0) is 17.7. The van der Waals surface area contributed by atoms with Crippen LogP contribution in [0.3, 0.4) is 0 Å². The van der Waals surface area contributed by atoms with Crippen LogP contribution in [-0.2, 0) is 4.74 Å². The van der Waals surface area contributed by atoms with Gasteiger partial charge in [0.05, 0.1) is 6.04 Å². The number of hydrogen-bond acceptors (Lipinski definition) is 6. The van der Waals surface area contributed by atoms with Crippen LogP contribution < -0.4 is 10.8 Å². The molecule has 0 aromatic carbocycles. The SMILES string of the molecule is CC(C)(C)OC(=O)N1CCCCC1C(NO)NC(=O)c1ccn[nH]1. The number of aromatic amines is 1. The van der Waals surface area contributed by atoms with Gasteiger partial charge in [0, 0.05) is 12.7 Å². The zero-order valence-electron chi connectivity index (χ0n) is 14.2. The van der Waals surface area contributed by atoms with Crippen LogP contribution in [0.4, 0.5) is 4.79 Å². The number of piperidine rings is 1.